The third kappa shape index (κ3) is 1.57. The lowest BCUT2D eigenvalue weighted by Crippen LogP contribution is -2.02. The second-order valence-corrected chi connectivity index (χ2v) is 4.12. The summed E-state index contributed by atoms with van der Waals surface area (Å²) in [6, 6.07) is 0.559. The standard InChI is InChI=1S/C9H14ClN3/c1-3-4-8-11-12-9(10)13(8)7-5-6(7)2/h6-7H,3-5H2,1-2H3. The van der Waals surface area contributed by atoms with Gasteiger partial charge in [-0.25, -0.2) is 0 Å². The van der Waals surface area contributed by atoms with Gasteiger partial charge in [0.1, 0.15) is 5.82 Å². The van der Waals surface area contributed by atoms with E-state index in [9.17, 15) is 0 Å². The molecule has 2 unspecified atom stereocenters. The van der Waals surface area contributed by atoms with Crippen molar-refractivity contribution in [3.8, 4) is 0 Å². The molecule has 1 saturated carbocycles. The highest BCUT2D eigenvalue weighted by Crippen LogP contribution is 2.44. The normalized spacial score (nSPS) is 26.4. The molecule has 0 saturated heterocycles. The first-order valence-electron chi connectivity index (χ1n) is 4.83. The first kappa shape index (κ1) is 9.00. The van der Waals surface area contributed by atoms with Crippen molar-refractivity contribution >= 4 is 11.6 Å². The van der Waals surface area contributed by atoms with E-state index in [2.05, 4.69) is 28.6 Å². The van der Waals surface area contributed by atoms with E-state index in [1.54, 1.807) is 0 Å². The molecular formula is C9H14ClN3. The van der Waals surface area contributed by atoms with Gasteiger partial charge in [0, 0.05) is 12.5 Å². The highest BCUT2D eigenvalue weighted by Gasteiger charge is 2.37. The first-order chi connectivity index (χ1) is 6.24. The number of hydrogen-bond acceptors (Lipinski definition) is 2. The van der Waals surface area contributed by atoms with Crippen LogP contribution in [-0.2, 0) is 6.42 Å². The third-order valence-corrected chi connectivity index (χ3v) is 2.85. The van der Waals surface area contributed by atoms with Crippen LogP contribution in [0.4, 0.5) is 0 Å². The maximum Gasteiger partial charge on any atom is 0.225 e. The minimum Gasteiger partial charge on any atom is -0.298 e. The molecule has 1 heterocycles. The van der Waals surface area contributed by atoms with Crippen molar-refractivity contribution in [1.82, 2.24) is 14.8 Å². The topological polar surface area (TPSA) is 30.7 Å². The van der Waals surface area contributed by atoms with E-state index >= 15 is 0 Å². The quantitative estimate of drug-likeness (QED) is 0.749. The van der Waals surface area contributed by atoms with Crippen LogP contribution in [0, 0.1) is 5.92 Å². The maximum atomic E-state index is 5.97. The van der Waals surface area contributed by atoms with Gasteiger partial charge in [-0.1, -0.05) is 13.8 Å². The Labute approximate surface area is 83.1 Å². The van der Waals surface area contributed by atoms with Crippen LogP contribution in [0.1, 0.15) is 38.6 Å². The van der Waals surface area contributed by atoms with Crippen LogP contribution in [0.25, 0.3) is 0 Å². The molecule has 0 N–H and O–H groups in total. The van der Waals surface area contributed by atoms with Crippen LogP contribution in [0.5, 0.6) is 0 Å². The minimum absolute atomic E-state index is 0.554. The van der Waals surface area contributed by atoms with Crippen molar-refractivity contribution in [3.05, 3.63) is 11.1 Å². The van der Waals surface area contributed by atoms with Gasteiger partial charge in [-0.15, -0.1) is 10.2 Å². The van der Waals surface area contributed by atoms with E-state index in [0.717, 1.165) is 24.6 Å². The van der Waals surface area contributed by atoms with Gasteiger partial charge in [0.25, 0.3) is 0 Å². The molecule has 1 aliphatic carbocycles. The Kier molecular flexibility index (Phi) is 2.28. The third-order valence-electron chi connectivity index (χ3n) is 2.60. The Morgan fingerprint density at radius 3 is 2.77 bits per heavy atom. The summed E-state index contributed by atoms with van der Waals surface area (Å²) in [5, 5.41) is 8.54. The molecule has 1 aromatic heterocycles. The molecular weight excluding hydrogens is 186 g/mol. The molecule has 1 aromatic rings. The van der Waals surface area contributed by atoms with E-state index in [-0.39, 0.29) is 0 Å². The second-order valence-electron chi connectivity index (χ2n) is 3.79. The zero-order valence-corrected chi connectivity index (χ0v) is 8.75. The van der Waals surface area contributed by atoms with Gasteiger partial charge in [-0.05, 0) is 30.4 Å². The molecule has 0 radical (unpaired) electrons. The SMILES string of the molecule is CCCc1nnc(Cl)n1C1CC1C. The van der Waals surface area contributed by atoms with Gasteiger partial charge in [0.15, 0.2) is 0 Å². The number of rotatable bonds is 3. The molecule has 13 heavy (non-hydrogen) atoms. The van der Waals surface area contributed by atoms with E-state index in [0.29, 0.717) is 11.3 Å². The monoisotopic (exact) mass is 199 g/mol. The highest BCUT2D eigenvalue weighted by atomic mass is 35.5. The lowest BCUT2D eigenvalue weighted by molar-refractivity contribution is 0.634. The zero-order chi connectivity index (χ0) is 9.42. The summed E-state index contributed by atoms with van der Waals surface area (Å²) in [4.78, 5) is 0. The largest absolute Gasteiger partial charge is 0.298 e. The molecule has 0 bridgehead atoms. The zero-order valence-electron chi connectivity index (χ0n) is 8.00. The molecule has 72 valence electrons. The van der Waals surface area contributed by atoms with Crippen LogP contribution >= 0.6 is 11.6 Å². The smallest absolute Gasteiger partial charge is 0.225 e. The van der Waals surface area contributed by atoms with Gasteiger partial charge < -0.3 is 0 Å². The summed E-state index contributed by atoms with van der Waals surface area (Å²) in [6.07, 6.45) is 3.29. The summed E-state index contributed by atoms with van der Waals surface area (Å²) in [5.74, 6) is 1.78. The Balaban J connectivity index is 2.25. The molecule has 4 heteroatoms. The summed E-state index contributed by atoms with van der Waals surface area (Å²) < 4.78 is 2.09. The molecule has 0 spiro atoms. The van der Waals surface area contributed by atoms with Gasteiger partial charge in [0.2, 0.25) is 5.28 Å². The van der Waals surface area contributed by atoms with Crippen LogP contribution in [0.2, 0.25) is 5.28 Å². The minimum atomic E-state index is 0.554. The lowest BCUT2D eigenvalue weighted by Gasteiger charge is -2.04. The molecule has 0 aliphatic heterocycles. The second kappa shape index (κ2) is 3.29. The number of aromatic nitrogens is 3. The van der Waals surface area contributed by atoms with Gasteiger partial charge >= 0.3 is 0 Å². The van der Waals surface area contributed by atoms with Crippen molar-refractivity contribution in [2.24, 2.45) is 5.92 Å². The fourth-order valence-electron chi connectivity index (χ4n) is 1.69. The van der Waals surface area contributed by atoms with Crippen LogP contribution in [0.3, 0.4) is 0 Å². The average molecular weight is 200 g/mol. The predicted molar refractivity (Wildman–Crippen MR) is 51.8 cm³/mol. The summed E-state index contributed by atoms with van der Waals surface area (Å²) in [5.41, 5.74) is 0. The summed E-state index contributed by atoms with van der Waals surface area (Å²) in [6.45, 7) is 4.37. The molecule has 3 nitrogen and oxygen atoms in total. The fraction of sp³-hybridized carbons (Fsp3) is 0.778. The molecule has 1 fully saturated rings. The van der Waals surface area contributed by atoms with Gasteiger partial charge in [-0.3, -0.25) is 4.57 Å². The Morgan fingerprint density at radius 2 is 2.23 bits per heavy atom. The van der Waals surface area contributed by atoms with Crippen molar-refractivity contribution in [3.63, 3.8) is 0 Å². The number of hydrogen-bond donors (Lipinski definition) is 0. The summed E-state index contributed by atoms with van der Waals surface area (Å²) in [7, 11) is 0. The Bertz CT molecular complexity index is 308. The van der Waals surface area contributed by atoms with Crippen molar-refractivity contribution in [2.75, 3.05) is 0 Å². The molecule has 2 rings (SSSR count). The van der Waals surface area contributed by atoms with Crippen molar-refractivity contribution < 1.29 is 0 Å². The highest BCUT2D eigenvalue weighted by molar-refractivity contribution is 6.28. The molecule has 0 aromatic carbocycles. The lowest BCUT2D eigenvalue weighted by atomic mass is 10.3. The predicted octanol–water partition coefficient (Wildman–Crippen LogP) is 2.46. The van der Waals surface area contributed by atoms with Crippen LogP contribution in [-0.4, -0.2) is 14.8 Å². The number of nitrogens with zero attached hydrogens (tertiary/aromatic N) is 3. The number of aryl methyl sites for hydroxylation is 1. The Morgan fingerprint density at radius 1 is 1.54 bits per heavy atom. The van der Waals surface area contributed by atoms with E-state index in [1.165, 1.54) is 6.42 Å². The van der Waals surface area contributed by atoms with Gasteiger partial charge in [0.05, 0.1) is 0 Å². The molecule has 1 aliphatic rings. The Hall–Kier alpha value is -0.570. The van der Waals surface area contributed by atoms with Crippen LogP contribution < -0.4 is 0 Å². The van der Waals surface area contributed by atoms with E-state index in [1.807, 2.05) is 0 Å². The van der Waals surface area contributed by atoms with Crippen molar-refractivity contribution in [1.29, 1.82) is 0 Å². The van der Waals surface area contributed by atoms with E-state index < -0.39 is 0 Å². The maximum absolute atomic E-state index is 5.97. The van der Waals surface area contributed by atoms with Gasteiger partial charge in [-0.2, -0.15) is 0 Å². The molecule has 2 atom stereocenters. The first-order valence-corrected chi connectivity index (χ1v) is 5.21. The van der Waals surface area contributed by atoms with Crippen LogP contribution in [0.15, 0.2) is 0 Å². The average Bonchev–Trinajstić information content (AvgIpc) is 2.68. The van der Waals surface area contributed by atoms with Crippen molar-refractivity contribution in [2.45, 2.75) is 39.2 Å². The fourth-order valence-corrected chi connectivity index (χ4v) is 1.95. The van der Waals surface area contributed by atoms with E-state index in [4.69, 9.17) is 11.6 Å². The molecule has 0 amide bonds. The number of halogens is 1. The summed E-state index contributed by atoms with van der Waals surface area (Å²) >= 11 is 5.97.